The number of carbonyl (C=O) groups is 2. The van der Waals surface area contributed by atoms with E-state index in [0.717, 1.165) is 0 Å². The Kier molecular flexibility index (Phi) is 6.27. The quantitative estimate of drug-likeness (QED) is 0.274. The van der Waals surface area contributed by atoms with Crippen LogP contribution in [0.2, 0.25) is 0 Å². The highest BCUT2D eigenvalue weighted by atomic mass is 35.5. The molecule has 1 heterocycles. The monoisotopic (exact) mass is 524 g/mol. The highest BCUT2D eigenvalue weighted by molar-refractivity contribution is 6.51. The van der Waals surface area contributed by atoms with Crippen molar-refractivity contribution in [3.8, 4) is 11.5 Å². The van der Waals surface area contributed by atoms with E-state index < -0.39 is 20.6 Å². The van der Waals surface area contributed by atoms with E-state index in [1.807, 2.05) is 0 Å². The first-order valence-electron chi connectivity index (χ1n) is 9.59. The maximum absolute atomic E-state index is 12.1. The molecule has 1 aliphatic rings. The summed E-state index contributed by atoms with van der Waals surface area (Å²) < 4.78 is 12.6. The lowest BCUT2D eigenvalue weighted by atomic mass is 9.94. The highest BCUT2D eigenvalue weighted by Crippen LogP contribution is 2.52. The number of esters is 2. The van der Waals surface area contributed by atoms with Gasteiger partial charge in [0.1, 0.15) is 11.5 Å². The zero-order valence-corrected chi connectivity index (χ0v) is 20.4. The van der Waals surface area contributed by atoms with E-state index in [9.17, 15) is 9.59 Å². The van der Waals surface area contributed by atoms with Gasteiger partial charge in [0.15, 0.2) is 8.67 Å². The number of hydrogen-bond donors (Lipinski definition) is 0. The second kappa shape index (κ2) is 8.73. The number of hydrogen-bond acceptors (Lipinski definition) is 5. The van der Waals surface area contributed by atoms with Crippen LogP contribution in [0.5, 0.6) is 11.5 Å². The lowest BCUT2D eigenvalue weighted by Gasteiger charge is -2.30. The topological polar surface area (TPSA) is 61.8 Å². The second-order valence-electron chi connectivity index (χ2n) is 7.24. The Morgan fingerprint density at radius 1 is 0.697 bits per heavy atom. The molecule has 9 heteroatoms. The summed E-state index contributed by atoms with van der Waals surface area (Å²) in [5.41, 5.74) is 2.01. The third-order valence-corrected chi connectivity index (χ3v) is 6.97. The molecule has 0 saturated heterocycles. The van der Waals surface area contributed by atoms with Crippen LogP contribution in [-0.2, 0) is 18.1 Å². The first kappa shape index (κ1) is 23.7. The summed E-state index contributed by atoms with van der Waals surface area (Å²) in [6, 6.07) is 15.9. The number of rotatable bonds is 2. The SMILES string of the molecule is COC(=O)c1ccc2c(c1)C(Cl)(Cl)c1cccc(c1)C(Cl)(Cl)c1cc(C(=O)OC)ccc1O2. The van der Waals surface area contributed by atoms with Crippen molar-refractivity contribution in [1.29, 1.82) is 0 Å². The van der Waals surface area contributed by atoms with E-state index in [1.54, 1.807) is 36.4 Å². The maximum atomic E-state index is 12.1. The van der Waals surface area contributed by atoms with Crippen LogP contribution in [0.1, 0.15) is 43.0 Å². The van der Waals surface area contributed by atoms with Crippen molar-refractivity contribution < 1.29 is 23.8 Å². The molecule has 0 atom stereocenters. The van der Waals surface area contributed by atoms with Crippen LogP contribution in [-0.4, -0.2) is 26.2 Å². The molecule has 33 heavy (non-hydrogen) atoms. The van der Waals surface area contributed by atoms with Crippen LogP contribution in [0.3, 0.4) is 0 Å². The van der Waals surface area contributed by atoms with Crippen molar-refractivity contribution in [2.24, 2.45) is 0 Å². The van der Waals surface area contributed by atoms with Crippen molar-refractivity contribution in [2.75, 3.05) is 14.2 Å². The van der Waals surface area contributed by atoms with E-state index in [2.05, 4.69) is 0 Å². The van der Waals surface area contributed by atoms with E-state index in [1.165, 1.54) is 38.5 Å². The Labute approximate surface area is 210 Å². The number of carbonyl (C=O) groups excluding carboxylic acids is 2. The van der Waals surface area contributed by atoms with Gasteiger partial charge in [0, 0.05) is 11.1 Å². The third kappa shape index (κ3) is 4.15. The molecule has 0 spiro atoms. The minimum absolute atomic E-state index is 0.240. The average molecular weight is 526 g/mol. The zero-order valence-electron chi connectivity index (χ0n) is 17.3. The van der Waals surface area contributed by atoms with Gasteiger partial charge in [-0.2, -0.15) is 0 Å². The van der Waals surface area contributed by atoms with Crippen LogP contribution < -0.4 is 4.74 Å². The molecule has 1 aliphatic heterocycles. The van der Waals surface area contributed by atoms with Gasteiger partial charge in [-0.05, 0) is 53.6 Å². The minimum atomic E-state index is -1.62. The summed E-state index contributed by atoms with van der Waals surface area (Å²) in [4.78, 5) is 24.3. The van der Waals surface area contributed by atoms with Gasteiger partial charge < -0.3 is 14.2 Å². The number of alkyl halides is 4. The van der Waals surface area contributed by atoms with Gasteiger partial charge in [0.2, 0.25) is 0 Å². The minimum Gasteiger partial charge on any atom is -0.465 e. The van der Waals surface area contributed by atoms with Gasteiger partial charge in [0.25, 0.3) is 0 Å². The smallest absolute Gasteiger partial charge is 0.337 e. The summed E-state index contributed by atoms with van der Waals surface area (Å²) >= 11 is 27.3. The summed E-state index contributed by atoms with van der Waals surface area (Å²) in [5, 5.41) is 0. The Bertz CT molecular complexity index is 1180. The third-order valence-electron chi connectivity index (χ3n) is 5.29. The fourth-order valence-corrected chi connectivity index (χ4v) is 4.62. The van der Waals surface area contributed by atoms with Gasteiger partial charge in [-0.25, -0.2) is 9.59 Å². The molecule has 0 aliphatic carbocycles. The van der Waals surface area contributed by atoms with Crippen LogP contribution >= 0.6 is 46.4 Å². The molecule has 0 fully saturated rings. The summed E-state index contributed by atoms with van der Waals surface area (Å²) in [7, 11) is 2.55. The largest absolute Gasteiger partial charge is 0.465 e. The Morgan fingerprint density at radius 2 is 1.12 bits per heavy atom. The second-order valence-corrected chi connectivity index (χ2v) is 9.89. The zero-order chi connectivity index (χ0) is 24.0. The van der Waals surface area contributed by atoms with E-state index in [4.69, 9.17) is 60.6 Å². The lowest BCUT2D eigenvalue weighted by molar-refractivity contribution is 0.0592. The van der Waals surface area contributed by atoms with E-state index in [-0.39, 0.29) is 22.6 Å². The predicted octanol–water partition coefficient (Wildman–Crippen LogP) is 6.72. The molecule has 0 aromatic heterocycles. The van der Waals surface area contributed by atoms with Crippen molar-refractivity contribution >= 4 is 58.3 Å². The molecule has 3 aromatic carbocycles. The highest BCUT2D eigenvalue weighted by Gasteiger charge is 2.39. The fourth-order valence-electron chi connectivity index (χ4n) is 3.56. The maximum Gasteiger partial charge on any atom is 0.337 e. The van der Waals surface area contributed by atoms with Crippen LogP contribution in [0.4, 0.5) is 0 Å². The van der Waals surface area contributed by atoms with Gasteiger partial charge >= 0.3 is 11.9 Å². The Morgan fingerprint density at radius 3 is 1.52 bits per heavy atom. The molecule has 4 rings (SSSR count). The van der Waals surface area contributed by atoms with Crippen molar-refractivity contribution in [3.63, 3.8) is 0 Å². The number of fused-ring (bicyclic) bond motifs is 4. The van der Waals surface area contributed by atoms with Gasteiger partial charge in [0.05, 0.1) is 25.3 Å². The lowest BCUT2D eigenvalue weighted by Crippen LogP contribution is -2.21. The van der Waals surface area contributed by atoms with Gasteiger partial charge in [-0.15, -0.1) is 0 Å². The van der Waals surface area contributed by atoms with Gasteiger partial charge in [-0.1, -0.05) is 64.6 Å². The van der Waals surface area contributed by atoms with Crippen molar-refractivity contribution in [3.05, 3.63) is 94.0 Å². The molecule has 0 radical (unpaired) electrons. The summed E-state index contributed by atoms with van der Waals surface area (Å²) in [6.07, 6.45) is 0. The molecule has 3 aromatic rings. The molecular weight excluding hydrogens is 510 g/mol. The molecule has 0 unspecified atom stereocenters. The Hall–Kier alpha value is -2.44. The number of halogens is 4. The summed E-state index contributed by atoms with van der Waals surface area (Å²) in [6.45, 7) is 0. The average Bonchev–Trinajstić information content (AvgIpc) is 2.82. The number of ether oxygens (including phenoxy) is 3. The molecule has 0 amide bonds. The molecular formula is C24H16Cl4O5. The number of methoxy groups -OCH3 is 2. The predicted molar refractivity (Wildman–Crippen MR) is 127 cm³/mol. The van der Waals surface area contributed by atoms with Crippen LogP contribution in [0.15, 0.2) is 60.7 Å². The standard InChI is InChI=1S/C24H16Cl4O5/c1-31-21(29)13-6-8-19-17(10-13)23(25,26)15-4-3-5-16(12-15)24(27,28)18-11-14(22(30)32-2)7-9-20(18)33-19/h3-12H,1-2H3. The molecule has 5 nitrogen and oxygen atoms in total. The van der Waals surface area contributed by atoms with Crippen molar-refractivity contribution in [1.82, 2.24) is 0 Å². The summed E-state index contributed by atoms with van der Waals surface area (Å²) in [5.74, 6) is -0.597. The van der Waals surface area contributed by atoms with E-state index in [0.29, 0.717) is 22.3 Å². The van der Waals surface area contributed by atoms with Crippen molar-refractivity contribution in [2.45, 2.75) is 8.67 Å². The van der Waals surface area contributed by atoms with Crippen LogP contribution in [0.25, 0.3) is 0 Å². The number of benzene rings is 3. The van der Waals surface area contributed by atoms with Crippen LogP contribution in [0, 0.1) is 0 Å². The van der Waals surface area contributed by atoms with Gasteiger partial charge in [-0.3, -0.25) is 0 Å². The molecule has 170 valence electrons. The molecule has 0 N–H and O–H groups in total. The Balaban J connectivity index is 2.03. The van der Waals surface area contributed by atoms with E-state index >= 15 is 0 Å². The molecule has 0 saturated carbocycles. The first-order chi connectivity index (χ1) is 15.6. The normalized spacial score (nSPS) is 15.3. The molecule has 2 bridgehead atoms. The fraction of sp³-hybridized carbons (Fsp3) is 0.167. The first-order valence-corrected chi connectivity index (χ1v) is 11.1.